The number of likely N-dealkylation sites (N-methyl/N-ethyl adjacent to an activating group) is 1. The fraction of sp³-hybridized carbons (Fsp3) is 0.444. The number of fused-ring (bicyclic) bond motifs is 1. The van der Waals surface area contributed by atoms with Gasteiger partial charge >= 0.3 is 0 Å². The molecular formula is C27H33N3O6. The average molecular weight is 496 g/mol. The van der Waals surface area contributed by atoms with Crippen LogP contribution >= 0.6 is 0 Å². The van der Waals surface area contributed by atoms with Crippen molar-refractivity contribution in [3.8, 4) is 17.2 Å². The number of likely N-dealkylation sites (tertiary alicyclic amines) is 1. The number of carbonyl (C=O) groups is 3. The summed E-state index contributed by atoms with van der Waals surface area (Å²) in [5.41, 5.74) is 0.974. The van der Waals surface area contributed by atoms with E-state index in [1.165, 1.54) is 0 Å². The summed E-state index contributed by atoms with van der Waals surface area (Å²) in [6, 6.07) is 11.4. The van der Waals surface area contributed by atoms with Gasteiger partial charge in [-0.3, -0.25) is 14.4 Å². The topological polar surface area (TPSA) is 97.4 Å². The molecule has 192 valence electrons. The molecule has 2 aromatic rings. The smallest absolute Gasteiger partial charge is 0.253 e. The Balaban J connectivity index is 1.46. The van der Waals surface area contributed by atoms with Gasteiger partial charge in [0.2, 0.25) is 12.7 Å². The first-order valence-corrected chi connectivity index (χ1v) is 12.4. The van der Waals surface area contributed by atoms with Crippen molar-refractivity contribution in [2.45, 2.75) is 32.7 Å². The van der Waals surface area contributed by atoms with Crippen molar-refractivity contribution in [2.75, 3.05) is 40.1 Å². The minimum atomic E-state index is -0.675. The SMILES string of the molecule is CCN(CC)C(=O)[C@@H](NC(=O)c1cccc(OC)c1)C1CCN(C(=O)c2ccc3c(c2)OCO3)CC1. The van der Waals surface area contributed by atoms with E-state index in [-0.39, 0.29) is 30.4 Å². The second-order valence-corrected chi connectivity index (χ2v) is 8.89. The number of hydrogen-bond donors (Lipinski definition) is 1. The highest BCUT2D eigenvalue weighted by molar-refractivity contribution is 5.98. The Morgan fingerprint density at radius 3 is 2.44 bits per heavy atom. The van der Waals surface area contributed by atoms with E-state index in [0.29, 0.717) is 67.4 Å². The van der Waals surface area contributed by atoms with Crippen molar-refractivity contribution < 1.29 is 28.6 Å². The van der Waals surface area contributed by atoms with Gasteiger partial charge < -0.3 is 29.3 Å². The molecule has 0 radical (unpaired) electrons. The predicted molar refractivity (Wildman–Crippen MR) is 133 cm³/mol. The lowest BCUT2D eigenvalue weighted by molar-refractivity contribution is -0.134. The van der Waals surface area contributed by atoms with Crippen molar-refractivity contribution in [3.63, 3.8) is 0 Å². The number of piperidine rings is 1. The molecule has 4 rings (SSSR count). The first kappa shape index (κ1) is 25.3. The molecule has 9 heteroatoms. The van der Waals surface area contributed by atoms with E-state index in [9.17, 15) is 14.4 Å². The van der Waals surface area contributed by atoms with Crippen LogP contribution in [0.25, 0.3) is 0 Å². The molecule has 3 amide bonds. The van der Waals surface area contributed by atoms with Gasteiger partial charge in [0.15, 0.2) is 11.5 Å². The summed E-state index contributed by atoms with van der Waals surface area (Å²) in [6.07, 6.45) is 1.21. The van der Waals surface area contributed by atoms with Crippen LogP contribution < -0.4 is 19.5 Å². The van der Waals surface area contributed by atoms with Crippen LogP contribution in [0.5, 0.6) is 17.2 Å². The minimum Gasteiger partial charge on any atom is -0.497 e. The molecule has 36 heavy (non-hydrogen) atoms. The Hall–Kier alpha value is -3.75. The van der Waals surface area contributed by atoms with Gasteiger partial charge in [-0.1, -0.05) is 6.07 Å². The number of hydrogen-bond acceptors (Lipinski definition) is 6. The third-order valence-corrected chi connectivity index (χ3v) is 6.88. The van der Waals surface area contributed by atoms with Crippen LogP contribution in [0.2, 0.25) is 0 Å². The highest BCUT2D eigenvalue weighted by Crippen LogP contribution is 2.33. The second kappa shape index (κ2) is 11.3. The molecule has 1 atom stereocenters. The van der Waals surface area contributed by atoms with Crippen molar-refractivity contribution >= 4 is 17.7 Å². The summed E-state index contributed by atoms with van der Waals surface area (Å²) >= 11 is 0. The number of methoxy groups -OCH3 is 1. The summed E-state index contributed by atoms with van der Waals surface area (Å²) in [7, 11) is 1.54. The molecule has 0 spiro atoms. The van der Waals surface area contributed by atoms with Crippen molar-refractivity contribution in [1.82, 2.24) is 15.1 Å². The highest BCUT2D eigenvalue weighted by Gasteiger charge is 2.36. The van der Waals surface area contributed by atoms with E-state index in [1.807, 2.05) is 13.8 Å². The number of carbonyl (C=O) groups excluding carboxylic acids is 3. The van der Waals surface area contributed by atoms with Gasteiger partial charge in [0.05, 0.1) is 7.11 Å². The predicted octanol–water partition coefficient (Wildman–Crippen LogP) is 2.94. The minimum absolute atomic E-state index is 0.0845. The van der Waals surface area contributed by atoms with E-state index in [0.717, 1.165) is 0 Å². The lowest BCUT2D eigenvalue weighted by Gasteiger charge is -2.37. The molecule has 1 fully saturated rings. The Morgan fingerprint density at radius 2 is 1.75 bits per heavy atom. The van der Waals surface area contributed by atoms with Crippen LogP contribution in [0.15, 0.2) is 42.5 Å². The van der Waals surface area contributed by atoms with Crippen LogP contribution in [-0.4, -0.2) is 73.6 Å². The number of nitrogens with zero attached hydrogens (tertiary/aromatic N) is 2. The summed E-state index contributed by atoms with van der Waals surface area (Å²) < 4.78 is 16.0. The summed E-state index contributed by atoms with van der Waals surface area (Å²) in [6.45, 7) is 6.11. The Kier molecular flexibility index (Phi) is 7.97. The fourth-order valence-electron chi connectivity index (χ4n) is 4.75. The molecule has 2 aromatic carbocycles. The zero-order valence-electron chi connectivity index (χ0n) is 21.0. The monoisotopic (exact) mass is 495 g/mol. The number of benzene rings is 2. The molecule has 2 heterocycles. The molecule has 0 bridgehead atoms. The van der Waals surface area contributed by atoms with E-state index in [2.05, 4.69) is 5.32 Å². The van der Waals surface area contributed by atoms with Crippen LogP contribution in [0.4, 0.5) is 0 Å². The fourth-order valence-corrected chi connectivity index (χ4v) is 4.75. The lowest BCUT2D eigenvalue weighted by atomic mass is 9.87. The molecule has 2 aliphatic rings. The normalized spacial score (nSPS) is 15.8. The van der Waals surface area contributed by atoms with Crippen LogP contribution in [0.3, 0.4) is 0 Å². The number of amides is 3. The van der Waals surface area contributed by atoms with Crippen LogP contribution in [0, 0.1) is 5.92 Å². The summed E-state index contributed by atoms with van der Waals surface area (Å²) in [5, 5.41) is 2.99. The van der Waals surface area contributed by atoms with Crippen LogP contribution in [0.1, 0.15) is 47.4 Å². The molecule has 0 saturated carbocycles. The third kappa shape index (κ3) is 5.40. The maximum absolute atomic E-state index is 13.4. The molecule has 0 unspecified atom stereocenters. The first-order valence-electron chi connectivity index (χ1n) is 12.4. The second-order valence-electron chi connectivity index (χ2n) is 8.89. The number of nitrogens with one attached hydrogen (secondary N) is 1. The zero-order valence-corrected chi connectivity index (χ0v) is 21.0. The van der Waals surface area contributed by atoms with E-state index in [4.69, 9.17) is 14.2 Å². The van der Waals surface area contributed by atoms with E-state index >= 15 is 0 Å². The zero-order chi connectivity index (χ0) is 25.7. The van der Waals surface area contributed by atoms with Gasteiger partial charge in [0, 0.05) is 37.3 Å². The van der Waals surface area contributed by atoms with Gasteiger partial charge in [-0.15, -0.1) is 0 Å². The molecule has 1 saturated heterocycles. The van der Waals surface area contributed by atoms with Crippen molar-refractivity contribution in [2.24, 2.45) is 5.92 Å². The first-order chi connectivity index (χ1) is 17.4. The van der Waals surface area contributed by atoms with Crippen molar-refractivity contribution in [1.29, 1.82) is 0 Å². The average Bonchev–Trinajstić information content (AvgIpc) is 3.40. The molecular weight excluding hydrogens is 462 g/mol. The molecule has 2 aliphatic heterocycles. The quantitative estimate of drug-likeness (QED) is 0.605. The summed E-state index contributed by atoms with van der Waals surface area (Å²) in [4.78, 5) is 43.1. The number of ether oxygens (including phenoxy) is 3. The Bertz CT molecular complexity index is 1110. The summed E-state index contributed by atoms with van der Waals surface area (Å²) in [5.74, 6) is 1.18. The number of rotatable bonds is 8. The molecule has 0 aliphatic carbocycles. The van der Waals surface area contributed by atoms with E-state index < -0.39 is 6.04 Å². The Labute approximate surface area is 211 Å². The van der Waals surface area contributed by atoms with Gasteiger partial charge in [-0.2, -0.15) is 0 Å². The van der Waals surface area contributed by atoms with Gasteiger partial charge in [-0.05, 0) is 69.0 Å². The maximum Gasteiger partial charge on any atom is 0.253 e. The highest BCUT2D eigenvalue weighted by atomic mass is 16.7. The lowest BCUT2D eigenvalue weighted by Crippen LogP contribution is -2.54. The molecule has 1 N–H and O–H groups in total. The standard InChI is InChI=1S/C27H33N3O6/c1-4-29(5-2)27(33)24(28-25(31)19-7-6-8-21(15-19)34-3)18-11-13-30(14-12-18)26(32)20-9-10-22-23(16-20)36-17-35-22/h6-10,15-16,18,24H,4-5,11-14,17H2,1-3H3,(H,28,31)/t24-/m0/s1. The Morgan fingerprint density at radius 1 is 1.03 bits per heavy atom. The van der Waals surface area contributed by atoms with Gasteiger partial charge in [-0.25, -0.2) is 0 Å². The van der Waals surface area contributed by atoms with E-state index in [1.54, 1.807) is 59.4 Å². The van der Waals surface area contributed by atoms with Crippen LogP contribution in [-0.2, 0) is 4.79 Å². The molecule has 0 aromatic heterocycles. The van der Waals surface area contributed by atoms with Gasteiger partial charge in [0.1, 0.15) is 11.8 Å². The maximum atomic E-state index is 13.4. The molecule has 9 nitrogen and oxygen atoms in total. The largest absolute Gasteiger partial charge is 0.497 e. The van der Waals surface area contributed by atoms with Crippen molar-refractivity contribution in [3.05, 3.63) is 53.6 Å². The van der Waals surface area contributed by atoms with Gasteiger partial charge in [0.25, 0.3) is 11.8 Å². The third-order valence-electron chi connectivity index (χ3n) is 6.88.